The van der Waals surface area contributed by atoms with Crippen molar-refractivity contribution in [2.75, 3.05) is 38.7 Å². The van der Waals surface area contributed by atoms with Gasteiger partial charge in [0.05, 0.1) is 51.0 Å². The van der Waals surface area contributed by atoms with Gasteiger partial charge in [-0.15, -0.1) is 10.2 Å². The van der Waals surface area contributed by atoms with Crippen LogP contribution < -0.4 is 10.1 Å². The Bertz CT molecular complexity index is 1540. The zero-order chi connectivity index (χ0) is 27.5. The first-order valence-corrected chi connectivity index (χ1v) is 11.8. The van der Waals surface area contributed by atoms with Crippen molar-refractivity contribution in [3.63, 3.8) is 0 Å². The van der Waals surface area contributed by atoms with Gasteiger partial charge in [-0.3, -0.25) is 4.90 Å². The summed E-state index contributed by atoms with van der Waals surface area (Å²) in [6, 6.07) is 2.76. The number of hydrogen-bond donors (Lipinski definition) is 1. The molecule has 1 aromatic carbocycles. The van der Waals surface area contributed by atoms with E-state index < -0.39 is 36.8 Å². The van der Waals surface area contributed by atoms with Crippen molar-refractivity contribution in [1.29, 1.82) is 0 Å². The Balaban J connectivity index is 1.31. The van der Waals surface area contributed by atoms with E-state index >= 15 is 8.78 Å². The van der Waals surface area contributed by atoms with Gasteiger partial charge in [0.25, 0.3) is 0 Å². The highest BCUT2D eigenvalue weighted by Crippen LogP contribution is 2.36. The number of nitrogens with zero attached hydrogens (tertiary/aromatic N) is 7. The van der Waals surface area contributed by atoms with Crippen LogP contribution in [0.3, 0.4) is 0 Å². The van der Waals surface area contributed by atoms with Crippen molar-refractivity contribution in [1.82, 2.24) is 34.5 Å². The Morgan fingerprint density at radius 1 is 1.29 bits per heavy atom. The molecular weight excluding hydrogens is 515 g/mol. The second-order valence-corrected chi connectivity index (χ2v) is 9.22. The van der Waals surface area contributed by atoms with E-state index in [4.69, 9.17) is 10.8 Å². The summed E-state index contributed by atoms with van der Waals surface area (Å²) in [5.74, 6) is -0.718. The monoisotopic (exact) mass is 539 g/mol. The van der Waals surface area contributed by atoms with E-state index in [0.29, 0.717) is 17.6 Å². The van der Waals surface area contributed by atoms with E-state index in [1.165, 1.54) is 29.8 Å². The van der Waals surface area contributed by atoms with Crippen LogP contribution in [0.15, 0.2) is 24.4 Å². The third-order valence-electron chi connectivity index (χ3n) is 6.72. The summed E-state index contributed by atoms with van der Waals surface area (Å²) in [6.45, 7) is -0.337. The van der Waals surface area contributed by atoms with Crippen LogP contribution in [0.1, 0.15) is 7.79 Å². The topological polar surface area (TPSA) is 94.6 Å². The Morgan fingerprint density at radius 2 is 2.11 bits per heavy atom. The molecule has 2 saturated heterocycles. The van der Waals surface area contributed by atoms with Gasteiger partial charge in [0.15, 0.2) is 5.82 Å². The van der Waals surface area contributed by atoms with Gasteiger partial charge in [0, 0.05) is 13.1 Å². The van der Waals surface area contributed by atoms with Gasteiger partial charge in [-0.1, -0.05) is 11.3 Å². The Kier molecular flexibility index (Phi) is 5.76. The molecule has 15 heteroatoms. The number of hydrogen-bond acceptors (Lipinski definition) is 8. The van der Waals surface area contributed by atoms with Crippen LogP contribution in [0.25, 0.3) is 27.7 Å². The number of ether oxygens (including phenoxy) is 2. The van der Waals surface area contributed by atoms with Gasteiger partial charge in [-0.05, 0) is 24.1 Å². The lowest BCUT2D eigenvalue weighted by atomic mass is 10.0. The summed E-state index contributed by atoms with van der Waals surface area (Å²) >= 11 is 0. The van der Waals surface area contributed by atoms with E-state index in [2.05, 4.69) is 25.7 Å². The average Bonchev–Trinajstić information content (AvgIpc) is 3.41. The fourth-order valence-electron chi connectivity index (χ4n) is 4.80. The molecule has 2 aliphatic rings. The highest BCUT2D eigenvalue weighted by atomic mass is 19.4. The fourth-order valence-corrected chi connectivity index (χ4v) is 4.80. The second-order valence-electron chi connectivity index (χ2n) is 9.22. The fraction of sp³-hybridized carbons (Fsp3) is 0.478. The molecule has 6 rings (SSSR count). The van der Waals surface area contributed by atoms with Crippen molar-refractivity contribution in [3.05, 3.63) is 30.2 Å². The van der Waals surface area contributed by atoms with Crippen molar-refractivity contribution in [2.45, 2.75) is 37.4 Å². The molecule has 2 aliphatic heterocycles. The summed E-state index contributed by atoms with van der Waals surface area (Å²) < 4.78 is 90.0. The van der Waals surface area contributed by atoms with Gasteiger partial charge >= 0.3 is 6.18 Å². The molecule has 0 saturated carbocycles. The number of benzene rings is 1. The molecule has 5 heterocycles. The van der Waals surface area contributed by atoms with Gasteiger partial charge in [-0.25, -0.2) is 18.0 Å². The molecular formula is C23H23F5N8O2. The first-order chi connectivity index (χ1) is 18.5. The zero-order valence-corrected chi connectivity index (χ0v) is 20.0. The number of halogens is 5. The number of rotatable bonds is 6. The van der Waals surface area contributed by atoms with Crippen LogP contribution in [0, 0.1) is 5.82 Å². The zero-order valence-electron chi connectivity index (χ0n) is 21.0. The van der Waals surface area contributed by atoms with E-state index in [0.717, 1.165) is 6.20 Å². The van der Waals surface area contributed by atoms with Crippen molar-refractivity contribution in [2.24, 2.45) is 0 Å². The molecule has 4 aromatic rings. The first-order valence-electron chi connectivity index (χ1n) is 12.3. The number of alkyl halides is 4. The van der Waals surface area contributed by atoms with Crippen molar-refractivity contribution < 1.29 is 32.8 Å². The van der Waals surface area contributed by atoms with E-state index in [1.54, 1.807) is 4.90 Å². The number of anilines is 1. The largest absolute Gasteiger partial charge is 0.479 e. The van der Waals surface area contributed by atoms with E-state index in [-0.39, 0.29) is 59.3 Å². The summed E-state index contributed by atoms with van der Waals surface area (Å²) in [7, 11) is 1.33. The molecule has 1 N–H and O–H groups in total. The second kappa shape index (κ2) is 9.31. The van der Waals surface area contributed by atoms with Gasteiger partial charge < -0.3 is 14.8 Å². The summed E-state index contributed by atoms with van der Waals surface area (Å²) in [5.41, 5.74) is 0.693. The number of piperidine rings is 1. The normalized spacial score (nSPS) is 22.4. The lowest BCUT2D eigenvalue weighted by Gasteiger charge is -2.42. The number of fused-ring (bicyclic) bond motifs is 2. The van der Waals surface area contributed by atoms with E-state index in [1.807, 2.05) is 0 Å². The third-order valence-corrected chi connectivity index (χ3v) is 6.72. The third kappa shape index (κ3) is 4.49. The molecule has 0 amide bonds. The number of nitrogens with one attached hydrogen (secondary N) is 1. The lowest BCUT2D eigenvalue weighted by Crippen LogP contribution is -2.57. The van der Waals surface area contributed by atoms with Crippen LogP contribution in [0.5, 0.6) is 5.88 Å². The summed E-state index contributed by atoms with van der Waals surface area (Å²) in [6.07, 6.45) is -4.36. The first kappa shape index (κ1) is 23.5. The highest BCUT2D eigenvalue weighted by molar-refractivity contribution is 5.89. The Hall–Kier alpha value is -3.59. The molecule has 38 heavy (non-hydrogen) atoms. The van der Waals surface area contributed by atoms with Crippen molar-refractivity contribution in [3.8, 4) is 17.0 Å². The van der Waals surface area contributed by atoms with Gasteiger partial charge in [0.2, 0.25) is 11.8 Å². The van der Waals surface area contributed by atoms with E-state index in [9.17, 15) is 13.2 Å². The maximum atomic E-state index is 15.3. The quantitative estimate of drug-likeness (QED) is 0.374. The predicted molar refractivity (Wildman–Crippen MR) is 125 cm³/mol. The van der Waals surface area contributed by atoms with Gasteiger partial charge in [0.1, 0.15) is 23.7 Å². The lowest BCUT2D eigenvalue weighted by molar-refractivity contribution is -0.142. The minimum atomic E-state index is -4.52. The SMILES string of the molecule is [2H]C1(N2CC[C@@H](Nc3nc(OC)c4c(-c5ccc6nnn(CC(F)(F)F)c6c5)c(F)cn4n3)[C@H](F)C2)COC1. The number of likely N-dealkylation sites (tertiary alicyclic amines) is 1. The van der Waals surface area contributed by atoms with Crippen LogP contribution in [0.2, 0.25) is 0 Å². The van der Waals surface area contributed by atoms with Crippen molar-refractivity contribution >= 4 is 22.5 Å². The average molecular weight is 539 g/mol. The molecule has 10 nitrogen and oxygen atoms in total. The van der Waals surface area contributed by atoms with Crippen LogP contribution in [-0.4, -0.2) is 92.3 Å². The minimum Gasteiger partial charge on any atom is -0.479 e. The van der Waals surface area contributed by atoms with Crippen LogP contribution in [0.4, 0.5) is 27.9 Å². The molecule has 2 fully saturated rings. The molecule has 0 bridgehead atoms. The molecule has 202 valence electrons. The molecule has 0 radical (unpaired) electrons. The standard InChI is InChI=1S/C23H23F5N8O2/c1-37-21-20-19(12-2-3-17-18(6-12)36(33-31-17)11-23(26,27)28)15(25)8-35(20)32-22(30-21)29-16-4-5-34(7-14(16)24)13-9-38-10-13/h2-3,6,8,13-14,16H,4-5,7,9-11H2,1H3,(H,29,32)/t14-,16-/m1/s1/i13D. The molecule has 0 aliphatic carbocycles. The number of methoxy groups -OCH3 is 1. The predicted octanol–water partition coefficient (Wildman–Crippen LogP) is 3.07. The maximum absolute atomic E-state index is 15.3. The highest BCUT2D eigenvalue weighted by Gasteiger charge is 2.36. The van der Waals surface area contributed by atoms with Crippen LogP contribution in [-0.2, 0) is 11.3 Å². The molecule has 0 spiro atoms. The Morgan fingerprint density at radius 3 is 2.79 bits per heavy atom. The minimum absolute atomic E-state index is 0.0115. The number of aromatic nitrogens is 6. The summed E-state index contributed by atoms with van der Waals surface area (Å²) in [4.78, 5) is 6.07. The molecule has 3 aromatic heterocycles. The maximum Gasteiger partial charge on any atom is 0.408 e. The molecule has 2 atom stereocenters. The smallest absolute Gasteiger partial charge is 0.408 e. The Labute approximate surface area is 213 Å². The molecule has 0 unspecified atom stereocenters. The van der Waals surface area contributed by atoms with Gasteiger partial charge in [-0.2, -0.15) is 18.2 Å². The van der Waals surface area contributed by atoms with Crippen LogP contribution >= 0.6 is 0 Å². The summed E-state index contributed by atoms with van der Waals surface area (Å²) in [5, 5.41) is 14.6.